The number of aryl methyl sites for hydroxylation is 1. The lowest BCUT2D eigenvalue weighted by molar-refractivity contribution is 0.633. The summed E-state index contributed by atoms with van der Waals surface area (Å²) < 4.78 is 15.1. The van der Waals surface area contributed by atoms with Crippen molar-refractivity contribution in [3.63, 3.8) is 0 Å². The fraction of sp³-hybridized carbons (Fsp3) is 0.0909. The molecule has 0 fully saturated rings. The molecule has 0 aliphatic heterocycles. The maximum absolute atomic E-state index is 13.5. The van der Waals surface area contributed by atoms with Gasteiger partial charge in [-0.05, 0) is 17.7 Å². The molecule has 5 heteroatoms. The molecule has 0 aliphatic rings. The first-order valence-corrected chi connectivity index (χ1v) is 4.70. The summed E-state index contributed by atoms with van der Waals surface area (Å²) >= 11 is 0. The molecule has 0 radical (unpaired) electrons. The van der Waals surface area contributed by atoms with E-state index in [1.165, 1.54) is 6.07 Å². The van der Waals surface area contributed by atoms with Gasteiger partial charge in [-0.25, -0.2) is 4.39 Å². The van der Waals surface area contributed by atoms with Gasteiger partial charge in [0.05, 0.1) is 11.9 Å². The Morgan fingerprint density at radius 2 is 2.19 bits per heavy atom. The van der Waals surface area contributed by atoms with Gasteiger partial charge in [-0.1, -0.05) is 0 Å². The van der Waals surface area contributed by atoms with E-state index in [1.54, 1.807) is 30.2 Å². The maximum Gasteiger partial charge on any atom is 0.147 e. The highest BCUT2D eigenvalue weighted by Gasteiger charge is 2.08. The van der Waals surface area contributed by atoms with Gasteiger partial charge in [0, 0.05) is 30.6 Å². The Balaban J connectivity index is 2.58. The number of aromatic nitrogens is 2. The number of hydrogen-bond donors (Lipinski definition) is 2. The maximum atomic E-state index is 13.5. The fourth-order valence-corrected chi connectivity index (χ4v) is 1.50. The zero-order valence-electron chi connectivity index (χ0n) is 8.74. The van der Waals surface area contributed by atoms with E-state index >= 15 is 0 Å². The Morgan fingerprint density at radius 1 is 1.44 bits per heavy atom. The summed E-state index contributed by atoms with van der Waals surface area (Å²) in [6, 6.07) is 3.02. The molecule has 0 amide bonds. The van der Waals surface area contributed by atoms with Gasteiger partial charge in [0.15, 0.2) is 0 Å². The van der Waals surface area contributed by atoms with Crippen LogP contribution in [0.1, 0.15) is 5.56 Å². The summed E-state index contributed by atoms with van der Waals surface area (Å²) in [6.07, 6.45) is 4.45. The molecule has 82 valence electrons. The van der Waals surface area contributed by atoms with E-state index in [4.69, 9.17) is 11.1 Å². The van der Waals surface area contributed by atoms with E-state index in [1.807, 2.05) is 0 Å². The normalized spacial score (nSPS) is 10.4. The van der Waals surface area contributed by atoms with Crippen LogP contribution in [0, 0.1) is 11.2 Å². The smallest absolute Gasteiger partial charge is 0.147 e. The quantitative estimate of drug-likeness (QED) is 0.596. The van der Waals surface area contributed by atoms with Gasteiger partial charge in [0.1, 0.15) is 5.82 Å². The highest BCUT2D eigenvalue weighted by Crippen LogP contribution is 2.25. The van der Waals surface area contributed by atoms with Crippen molar-refractivity contribution in [2.75, 3.05) is 5.73 Å². The first-order chi connectivity index (χ1) is 7.61. The highest BCUT2D eigenvalue weighted by molar-refractivity contribution is 5.87. The third-order valence-corrected chi connectivity index (χ3v) is 2.36. The summed E-state index contributed by atoms with van der Waals surface area (Å²) in [7, 11) is 1.79. The van der Waals surface area contributed by atoms with Gasteiger partial charge in [-0.3, -0.25) is 4.68 Å². The Bertz CT molecular complexity index is 545. The number of nitrogens with zero attached hydrogens (tertiary/aromatic N) is 2. The number of nitrogens with two attached hydrogens (primary N) is 1. The molecule has 0 bridgehead atoms. The summed E-state index contributed by atoms with van der Waals surface area (Å²) in [5.74, 6) is -0.514. The van der Waals surface area contributed by atoms with Crippen LogP contribution in [-0.4, -0.2) is 16.0 Å². The van der Waals surface area contributed by atoms with E-state index in [0.29, 0.717) is 11.1 Å². The molecule has 0 spiro atoms. The number of nitrogens with one attached hydrogen (secondary N) is 1. The molecule has 0 saturated heterocycles. The molecule has 0 saturated carbocycles. The Labute approximate surface area is 92.0 Å². The minimum absolute atomic E-state index is 0.00244. The second-order valence-electron chi connectivity index (χ2n) is 3.51. The van der Waals surface area contributed by atoms with Crippen LogP contribution in [0.2, 0.25) is 0 Å². The molecular formula is C11H11FN4. The third kappa shape index (κ3) is 1.67. The summed E-state index contributed by atoms with van der Waals surface area (Å²) in [4.78, 5) is 0. The van der Waals surface area contributed by atoms with E-state index in [0.717, 1.165) is 11.8 Å². The molecule has 0 unspecified atom stereocenters. The van der Waals surface area contributed by atoms with Crippen LogP contribution < -0.4 is 5.73 Å². The van der Waals surface area contributed by atoms with Crippen LogP contribution in [0.3, 0.4) is 0 Å². The molecule has 1 aromatic heterocycles. The molecule has 1 aromatic carbocycles. The number of hydrogen-bond acceptors (Lipinski definition) is 3. The second kappa shape index (κ2) is 3.77. The number of benzene rings is 1. The molecule has 1 heterocycles. The molecule has 2 aromatic rings. The standard InChI is InChI=1S/C11H11FN4/c1-16-6-9(5-15-16)7-2-8(4-13)11(14)10(12)3-7/h2-6,13H,14H2,1H3. The monoisotopic (exact) mass is 218 g/mol. The van der Waals surface area contributed by atoms with Crippen molar-refractivity contribution in [3.05, 3.63) is 35.9 Å². The minimum atomic E-state index is -0.514. The Morgan fingerprint density at radius 3 is 2.75 bits per heavy atom. The van der Waals surface area contributed by atoms with Crippen LogP contribution in [0.25, 0.3) is 11.1 Å². The molecular weight excluding hydrogens is 207 g/mol. The first-order valence-electron chi connectivity index (χ1n) is 4.70. The predicted molar refractivity (Wildman–Crippen MR) is 60.9 cm³/mol. The van der Waals surface area contributed by atoms with Gasteiger partial charge < -0.3 is 11.1 Å². The number of anilines is 1. The van der Waals surface area contributed by atoms with Crippen molar-refractivity contribution in [2.24, 2.45) is 7.05 Å². The van der Waals surface area contributed by atoms with Crippen LogP contribution in [-0.2, 0) is 7.05 Å². The van der Waals surface area contributed by atoms with Crippen LogP contribution in [0.4, 0.5) is 10.1 Å². The van der Waals surface area contributed by atoms with E-state index in [-0.39, 0.29) is 5.69 Å². The van der Waals surface area contributed by atoms with Gasteiger partial charge in [0.2, 0.25) is 0 Å². The summed E-state index contributed by atoms with van der Waals surface area (Å²) in [5.41, 5.74) is 7.34. The van der Waals surface area contributed by atoms with Crippen molar-refractivity contribution >= 4 is 11.9 Å². The number of halogens is 1. The molecule has 16 heavy (non-hydrogen) atoms. The predicted octanol–water partition coefficient (Wildman–Crippen LogP) is 1.81. The van der Waals surface area contributed by atoms with E-state index < -0.39 is 5.82 Å². The molecule has 2 rings (SSSR count). The summed E-state index contributed by atoms with van der Waals surface area (Å²) in [6.45, 7) is 0. The van der Waals surface area contributed by atoms with Crippen molar-refractivity contribution < 1.29 is 4.39 Å². The van der Waals surface area contributed by atoms with Crippen molar-refractivity contribution in [2.45, 2.75) is 0 Å². The average molecular weight is 218 g/mol. The lowest BCUT2D eigenvalue weighted by atomic mass is 10.0. The van der Waals surface area contributed by atoms with Crippen LogP contribution >= 0.6 is 0 Å². The lowest BCUT2D eigenvalue weighted by Gasteiger charge is -2.04. The average Bonchev–Trinajstić information content (AvgIpc) is 2.69. The zero-order chi connectivity index (χ0) is 11.7. The molecule has 3 N–H and O–H groups in total. The third-order valence-electron chi connectivity index (χ3n) is 2.36. The van der Waals surface area contributed by atoms with E-state index in [2.05, 4.69) is 5.10 Å². The Hall–Kier alpha value is -2.17. The van der Waals surface area contributed by atoms with Crippen molar-refractivity contribution in [1.29, 1.82) is 5.41 Å². The fourth-order valence-electron chi connectivity index (χ4n) is 1.50. The van der Waals surface area contributed by atoms with Gasteiger partial charge in [-0.2, -0.15) is 5.10 Å². The minimum Gasteiger partial charge on any atom is -0.396 e. The lowest BCUT2D eigenvalue weighted by Crippen LogP contribution is -1.97. The largest absolute Gasteiger partial charge is 0.396 e. The zero-order valence-corrected chi connectivity index (χ0v) is 8.74. The first kappa shape index (κ1) is 10.4. The van der Waals surface area contributed by atoms with E-state index in [9.17, 15) is 4.39 Å². The highest BCUT2D eigenvalue weighted by atomic mass is 19.1. The second-order valence-corrected chi connectivity index (χ2v) is 3.51. The van der Waals surface area contributed by atoms with Crippen LogP contribution in [0.15, 0.2) is 24.5 Å². The molecule has 0 atom stereocenters. The number of rotatable bonds is 2. The van der Waals surface area contributed by atoms with Gasteiger partial charge >= 0.3 is 0 Å². The van der Waals surface area contributed by atoms with Crippen LogP contribution in [0.5, 0.6) is 0 Å². The molecule has 4 nitrogen and oxygen atoms in total. The van der Waals surface area contributed by atoms with Crippen molar-refractivity contribution in [3.8, 4) is 11.1 Å². The number of nitrogen functional groups attached to an aromatic ring is 1. The van der Waals surface area contributed by atoms with Gasteiger partial charge in [0.25, 0.3) is 0 Å². The SMILES string of the molecule is Cn1cc(-c2cc(F)c(N)c(C=N)c2)cn1. The topological polar surface area (TPSA) is 67.7 Å². The molecule has 0 aliphatic carbocycles. The summed E-state index contributed by atoms with van der Waals surface area (Å²) in [5, 5.41) is 11.2. The Kier molecular flexibility index (Phi) is 2.44. The van der Waals surface area contributed by atoms with Crippen molar-refractivity contribution in [1.82, 2.24) is 9.78 Å². The van der Waals surface area contributed by atoms with Gasteiger partial charge in [-0.15, -0.1) is 0 Å².